The average molecular weight is 100 g/mol. The lowest BCUT2D eigenvalue weighted by Crippen LogP contribution is -2.00. The minimum absolute atomic E-state index is 0.135. The molecular formula is C3H4N2O2. The molecule has 7 heavy (non-hydrogen) atoms. The van der Waals surface area contributed by atoms with Gasteiger partial charge in [-0.15, -0.1) is 0 Å². The van der Waals surface area contributed by atoms with Gasteiger partial charge in [-0.3, -0.25) is 9.59 Å². The Morgan fingerprint density at radius 2 is 2.29 bits per heavy atom. The lowest BCUT2D eigenvalue weighted by molar-refractivity contribution is -0.125. The number of carbonyl (C=O) groups is 2. The van der Waals surface area contributed by atoms with E-state index in [9.17, 15) is 9.59 Å². The van der Waals surface area contributed by atoms with Gasteiger partial charge in [0, 0.05) is 0 Å². The van der Waals surface area contributed by atoms with Crippen LogP contribution in [0.3, 0.4) is 0 Å². The minimum atomic E-state index is -0.720. The van der Waals surface area contributed by atoms with Gasteiger partial charge in [-0.05, 0) is 0 Å². The predicted octanol–water partition coefficient (Wildman–Crippen LogP) is -1.30. The first kappa shape index (κ1) is 5.81. The Morgan fingerprint density at radius 3 is 2.43 bits per heavy atom. The van der Waals surface area contributed by atoms with E-state index in [1.54, 1.807) is 0 Å². The molecule has 0 aromatic rings. The van der Waals surface area contributed by atoms with E-state index in [-0.39, 0.29) is 6.29 Å². The number of hydrazone groups is 1. The van der Waals surface area contributed by atoms with Gasteiger partial charge in [0.25, 0.3) is 0 Å². The number of hydrogen-bond donors (Lipinski definition) is 1. The fourth-order valence-corrected chi connectivity index (χ4v) is 0.104. The zero-order valence-electron chi connectivity index (χ0n) is 3.50. The highest BCUT2D eigenvalue weighted by Gasteiger charge is 1.86. The maximum absolute atomic E-state index is 9.81. The summed E-state index contributed by atoms with van der Waals surface area (Å²) >= 11 is 0. The minimum Gasteiger partial charge on any atom is -0.323 e. The van der Waals surface area contributed by atoms with Crippen LogP contribution in [0.1, 0.15) is 0 Å². The quantitative estimate of drug-likeness (QED) is 0.154. The van der Waals surface area contributed by atoms with Crippen LogP contribution < -0.4 is 5.84 Å². The molecule has 0 aliphatic heterocycles. The van der Waals surface area contributed by atoms with Gasteiger partial charge in [0.15, 0.2) is 6.29 Å². The molecule has 0 radical (unpaired) electrons. The number of Topliss-reactive ketones (excluding diaryl/α,β-unsaturated/α-hetero) is 1. The first-order valence-electron chi connectivity index (χ1n) is 1.53. The largest absolute Gasteiger partial charge is 0.323 e. The van der Waals surface area contributed by atoms with Crippen molar-refractivity contribution in [2.24, 2.45) is 10.9 Å². The Hall–Kier alpha value is -1.19. The van der Waals surface area contributed by atoms with E-state index in [2.05, 4.69) is 10.9 Å². The van der Waals surface area contributed by atoms with Crippen LogP contribution in [0, 0.1) is 0 Å². The van der Waals surface area contributed by atoms with Crippen molar-refractivity contribution in [1.29, 1.82) is 0 Å². The van der Waals surface area contributed by atoms with Crippen molar-refractivity contribution in [3.63, 3.8) is 0 Å². The number of ketones is 1. The van der Waals surface area contributed by atoms with Crippen LogP contribution in [0.15, 0.2) is 5.10 Å². The molecular weight excluding hydrogens is 96.0 g/mol. The van der Waals surface area contributed by atoms with Crippen molar-refractivity contribution >= 4 is 18.3 Å². The summed E-state index contributed by atoms with van der Waals surface area (Å²) in [4.78, 5) is 19.2. The molecule has 0 aliphatic rings. The number of nitrogens with two attached hydrogens (primary N) is 1. The van der Waals surface area contributed by atoms with Gasteiger partial charge in [-0.2, -0.15) is 5.10 Å². The molecule has 0 aromatic carbocycles. The lowest BCUT2D eigenvalue weighted by atomic mass is 10.5. The highest BCUT2D eigenvalue weighted by atomic mass is 16.2. The molecule has 0 saturated heterocycles. The van der Waals surface area contributed by atoms with E-state index in [0.717, 1.165) is 6.21 Å². The number of aldehydes is 1. The molecule has 0 aliphatic carbocycles. The van der Waals surface area contributed by atoms with Crippen LogP contribution in [0.2, 0.25) is 0 Å². The number of rotatable bonds is 2. The third-order valence-electron chi connectivity index (χ3n) is 0.318. The fraction of sp³-hybridized carbons (Fsp3) is 0. The summed E-state index contributed by atoms with van der Waals surface area (Å²) in [5.74, 6) is 3.77. The van der Waals surface area contributed by atoms with Crippen LogP contribution >= 0.6 is 0 Å². The SMILES string of the molecule is NN=CC(=O)C=O. The standard InChI is InChI=1S/C3H4N2O2/c4-5-1-3(7)2-6/h1-2H,4H2. The summed E-state index contributed by atoms with van der Waals surface area (Å²) in [7, 11) is 0. The number of hydrogen-bond acceptors (Lipinski definition) is 4. The molecule has 0 spiro atoms. The molecule has 0 bridgehead atoms. The Kier molecular flexibility index (Phi) is 2.50. The third-order valence-corrected chi connectivity index (χ3v) is 0.318. The summed E-state index contributed by atoms with van der Waals surface area (Å²) in [5, 5.41) is 2.80. The molecule has 0 rings (SSSR count). The summed E-state index contributed by atoms with van der Waals surface area (Å²) in [6, 6.07) is 0. The Morgan fingerprint density at radius 1 is 1.71 bits per heavy atom. The summed E-state index contributed by atoms with van der Waals surface area (Å²) in [6.07, 6.45) is 0.878. The molecule has 4 heteroatoms. The number of carbonyl (C=O) groups excluding carboxylic acids is 2. The van der Waals surface area contributed by atoms with E-state index >= 15 is 0 Å². The summed E-state index contributed by atoms with van der Waals surface area (Å²) < 4.78 is 0. The maximum Gasteiger partial charge on any atom is 0.238 e. The predicted molar refractivity (Wildman–Crippen MR) is 23.8 cm³/mol. The molecule has 4 nitrogen and oxygen atoms in total. The van der Waals surface area contributed by atoms with E-state index in [1.165, 1.54) is 0 Å². The first-order chi connectivity index (χ1) is 3.31. The molecule has 0 atom stereocenters. The topological polar surface area (TPSA) is 72.5 Å². The van der Waals surface area contributed by atoms with Crippen molar-refractivity contribution in [1.82, 2.24) is 0 Å². The Balaban J connectivity index is 3.58. The molecule has 38 valence electrons. The molecule has 2 N–H and O–H groups in total. The van der Waals surface area contributed by atoms with Crippen LogP contribution in [-0.2, 0) is 9.59 Å². The molecule has 0 fully saturated rings. The maximum atomic E-state index is 9.81. The van der Waals surface area contributed by atoms with Crippen LogP contribution in [0.4, 0.5) is 0 Å². The van der Waals surface area contributed by atoms with Crippen molar-refractivity contribution in [2.75, 3.05) is 0 Å². The lowest BCUT2D eigenvalue weighted by Gasteiger charge is -1.68. The van der Waals surface area contributed by atoms with Gasteiger partial charge in [0.1, 0.15) is 0 Å². The number of nitrogens with zero attached hydrogens (tertiary/aromatic N) is 1. The zero-order valence-corrected chi connectivity index (χ0v) is 3.50. The molecule has 0 aromatic heterocycles. The van der Waals surface area contributed by atoms with Gasteiger partial charge in [0.2, 0.25) is 5.78 Å². The Labute approximate surface area is 40.0 Å². The molecule has 0 amide bonds. The van der Waals surface area contributed by atoms with E-state index in [0.29, 0.717) is 0 Å². The normalized spacial score (nSPS) is 9.14. The fourth-order valence-electron chi connectivity index (χ4n) is 0.104. The highest BCUT2D eigenvalue weighted by Crippen LogP contribution is 1.51. The van der Waals surface area contributed by atoms with Crippen molar-refractivity contribution in [2.45, 2.75) is 0 Å². The zero-order chi connectivity index (χ0) is 5.70. The average Bonchev–Trinajstić information content (AvgIpc) is 1.68. The Bertz CT molecular complexity index is 108. The van der Waals surface area contributed by atoms with Gasteiger partial charge in [-0.1, -0.05) is 0 Å². The monoisotopic (exact) mass is 100 g/mol. The van der Waals surface area contributed by atoms with Crippen molar-refractivity contribution < 1.29 is 9.59 Å². The second-order valence-corrected chi connectivity index (χ2v) is 0.798. The summed E-state index contributed by atoms with van der Waals surface area (Å²) in [6.45, 7) is 0. The van der Waals surface area contributed by atoms with Gasteiger partial charge < -0.3 is 5.84 Å². The van der Waals surface area contributed by atoms with Crippen molar-refractivity contribution in [3.8, 4) is 0 Å². The summed E-state index contributed by atoms with van der Waals surface area (Å²) in [5.41, 5.74) is 0. The van der Waals surface area contributed by atoms with Crippen LogP contribution in [0.5, 0.6) is 0 Å². The van der Waals surface area contributed by atoms with E-state index in [1.807, 2.05) is 0 Å². The third kappa shape index (κ3) is 2.62. The molecule has 0 unspecified atom stereocenters. The van der Waals surface area contributed by atoms with Crippen molar-refractivity contribution in [3.05, 3.63) is 0 Å². The molecule has 0 heterocycles. The first-order valence-corrected chi connectivity index (χ1v) is 1.53. The smallest absolute Gasteiger partial charge is 0.238 e. The van der Waals surface area contributed by atoms with Crippen LogP contribution in [0.25, 0.3) is 0 Å². The van der Waals surface area contributed by atoms with Gasteiger partial charge in [-0.25, -0.2) is 0 Å². The van der Waals surface area contributed by atoms with E-state index in [4.69, 9.17) is 0 Å². The van der Waals surface area contributed by atoms with Crippen LogP contribution in [-0.4, -0.2) is 18.3 Å². The second kappa shape index (κ2) is 3.02. The van der Waals surface area contributed by atoms with Gasteiger partial charge in [0.05, 0.1) is 6.21 Å². The van der Waals surface area contributed by atoms with Gasteiger partial charge >= 0.3 is 0 Å². The highest BCUT2D eigenvalue weighted by molar-refractivity contribution is 6.51. The van der Waals surface area contributed by atoms with E-state index < -0.39 is 5.78 Å². The molecule has 0 saturated carbocycles. The second-order valence-electron chi connectivity index (χ2n) is 0.798.